The zero-order chi connectivity index (χ0) is 13.8. The van der Waals surface area contributed by atoms with Crippen LogP contribution in [0.3, 0.4) is 0 Å². The summed E-state index contributed by atoms with van der Waals surface area (Å²) in [6, 6.07) is 12.1. The molecule has 20 heavy (non-hydrogen) atoms. The van der Waals surface area contributed by atoms with Crippen LogP contribution in [0.5, 0.6) is 11.5 Å². The summed E-state index contributed by atoms with van der Waals surface area (Å²) in [6.45, 7) is 0. The molecule has 2 aromatic carbocycles. The summed E-state index contributed by atoms with van der Waals surface area (Å²) in [6.07, 6.45) is 0. The SMILES string of the molecule is O=C(O)c1ccccc1Oc1ccccc1C(=O)O.[Mn]. The molecule has 0 saturated heterocycles. The molecular weight excluding hydrogens is 303 g/mol. The Morgan fingerprint density at radius 3 is 1.45 bits per heavy atom. The van der Waals surface area contributed by atoms with Crippen LogP contribution in [0.1, 0.15) is 20.7 Å². The molecule has 2 N–H and O–H groups in total. The second-order valence-corrected chi connectivity index (χ2v) is 3.70. The Morgan fingerprint density at radius 2 is 1.10 bits per heavy atom. The quantitative estimate of drug-likeness (QED) is 0.848. The third kappa shape index (κ3) is 3.38. The van der Waals surface area contributed by atoms with E-state index in [4.69, 9.17) is 14.9 Å². The monoisotopic (exact) mass is 313 g/mol. The Kier molecular flexibility index (Phi) is 5.32. The molecule has 2 aromatic rings. The molecule has 0 fully saturated rings. The number of carboxylic acid groups (broad SMARTS) is 2. The van der Waals surface area contributed by atoms with Crippen LogP contribution in [0, 0.1) is 0 Å². The van der Waals surface area contributed by atoms with Gasteiger partial charge in [-0.2, -0.15) is 0 Å². The average molecular weight is 313 g/mol. The van der Waals surface area contributed by atoms with Crippen molar-refractivity contribution in [1.82, 2.24) is 0 Å². The first-order valence-corrected chi connectivity index (χ1v) is 5.42. The van der Waals surface area contributed by atoms with E-state index in [1.165, 1.54) is 24.3 Å². The molecule has 0 aliphatic heterocycles. The van der Waals surface area contributed by atoms with Crippen LogP contribution in [0.4, 0.5) is 0 Å². The fourth-order valence-electron chi connectivity index (χ4n) is 1.58. The van der Waals surface area contributed by atoms with Crippen molar-refractivity contribution in [3.63, 3.8) is 0 Å². The molecule has 1 radical (unpaired) electrons. The van der Waals surface area contributed by atoms with Gasteiger partial charge in [0.2, 0.25) is 0 Å². The molecular formula is C14H10MnO5. The standard InChI is InChI=1S/C14H10O5.Mn/c15-13(16)9-5-1-3-7-11(9)19-12-8-4-2-6-10(12)14(17)18;/h1-8H,(H,15,16)(H,17,18);. The van der Waals surface area contributed by atoms with Crippen molar-refractivity contribution in [2.45, 2.75) is 0 Å². The van der Waals surface area contributed by atoms with E-state index in [1.54, 1.807) is 24.3 Å². The van der Waals surface area contributed by atoms with Crippen LogP contribution >= 0.6 is 0 Å². The van der Waals surface area contributed by atoms with Crippen LogP contribution in [-0.2, 0) is 17.1 Å². The molecule has 0 aliphatic carbocycles. The number of ether oxygens (including phenoxy) is 1. The zero-order valence-electron chi connectivity index (χ0n) is 10.1. The van der Waals surface area contributed by atoms with Gasteiger partial charge in [0.25, 0.3) is 0 Å². The van der Waals surface area contributed by atoms with E-state index in [0.717, 1.165) is 0 Å². The molecule has 0 unspecified atom stereocenters. The fourth-order valence-corrected chi connectivity index (χ4v) is 1.58. The van der Waals surface area contributed by atoms with Gasteiger partial charge in [0.05, 0.1) is 0 Å². The third-order valence-electron chi connectivity index (χ3n) is 2.45. The van der Waals surface area contributed by atoms with Crippen molar-refractivity contribution in [3.05, 3.63) is 59.7 Å². The van der Waals surface area contributed by atoms with Crippen molar-refractivity contribution >= 4 is 11.9 Å². The largest absolute Gasteiger partial charge is 0.478 e. The maximum Gasteiger partial charge on any atom is 0.339 e. The Bertz CT molecular complexity index is 583. The minimum atomic E-state index is -1.14. The molecule has 0 saturated carbocycles. The summed E-state index contributed by atoms with van der Waals surface area (Å²) < 4.78 is 5.40. The average Bonchev–Trinajstić information content (AvgIpc) is 2.39. The van der Waals surface area contributed by atoms with Crippen LogP contribution in [-0.4, -0.2) is 22.2 Å². The molecule has 6 heteroatoms. The predicted octanol–water partition coefficient (Wildman–Crippen LogP) is 2.87. The van der Waals surface area contributed by atoms with Gasteiger partial charge in [0.1, 0.15) is 22.6 Å². The topological polar surface area (TPSA) is 83.8 Å². The molecule has 0 spiro atoms. The van der Waals surface area contributed by atoms with Gasteiger partial charge < -0.3 is 14.9 Å². The Hall–Kier alpha value is -2.30. The smallest absolute Gasteiger partial charge is 0.339 e. The van der Waals surface area contributed by atoms with E-state index in [2.05, 4.69) is 0 Å². The zero-order valence-corrected chi connectivity index (χ0v) is 11.3. The molecule has 0 bridgehead atoms. The summed E-state index contributed by atoms with van der Waals surface area (Å²) in [7, 11) is 0. The first kappa shape index (κ1) is 15.8. The maximum atomic E-state index is 11.0. The van der Waals surface area contributed by atoms with Crippen molar-refractivity contribution in [2.24, 2.45) is 0 Å². The van der Waals surface area contributed by atoms with E-state index in [1.807, 2.05) is 0 Å². The number of rotatable bonds is 4. The Labute approximate surface area is 125 Å². The van der Waals surface area contributed by atoms with Gasteiger partial charge in [-0.1, -0.05) is 24.3 Å². The van der Waals surface area contributed by atoms with Gasteiger partial charge >= 0.3 is 11.9 Å². The van der Waals surface area contributed by atoms with Crippen molar-refractivity contribution in [2.75, 3.05) is 0 Å². The number of hydrogen-bond acceptors (Lipinski definition) is 3. The number of hydrogen-bond donors (Lipinski definition) is 2. The van der Waals surface area contributed by atoms with Gasteiger partial charge in [0, 0.05) is 17.1 Å². The molecule has 2 rings (SSSR count). The molecule has 0 aromatic heterocycles. The van der Waals surface area contributed by atoms with E-state index in [0.29, 0.717) is 0 Å². The van der Waals surface area contributed by atoms with Crippen LogP contribution in [0.25, 0.3) is 0 Å². The summed E-state index contributed by atoms with van der Waals surface area (Å²) in [4.78, 5) is 22.1. The van der Waals surface area contributed by atoms with Crippen molar-refractivity contribution in [1.29, 1.82) is 0 Å². The molecule has 5 nitrogen and oxygen atoms in total. The van der Waals surface area contributed by atoms with Crippen LogP contribution < -0.4 is 4.74 Å². The third-order valence-corrected chi connectivity index (χ3v) is 2.45. The number of para-hydroxylation sites is 2. The summed E-state index contributed by atoms with van der Waals surface area (Å²) in [5.41, 5.74) is -0.0506. The second kappa shape index (κ2) is 6.75. The number of carboxylic acids is 2. The minimum Gasteiger partial charge on any atom is -0.478 e. The van der Waals surface area contributed by atoms with Gasteiger partial charge in [-0.15, -0.1) is 0 Å². The normalized spacial score (nSPS) is 9.40. The summed E-state index contributed by atoms with van der Waals surface area (Å²) in [5, 5.41) is 18.1. The molecule has 0 heterocycles. The molecule has 103 valence electrons. The van der Waals surface area contributed by atoms with E-state index < -0.39 is 11.9 Å². The molecule has 0 aliphatic rings. The van der Waals surface area contributed by atoms with Gasteiger partial charge in [0.15, 0.2) is 0 Å². The fraction of sp³-hybridized carbons (Fsp3) is 0. The summed E-state index contributed by atoms with van der Waals surface area (Å²) in [5.74, 6) is -2.07. The van der Waals surface area contributed by atoms with Gasteiger partial charge in [-0.3, -0.25) is 0 Å². The number of carbonyl (C=O) groups is 2. The summed E-state index contributed by atoms with van der Waals surface area (Å²) >= 11 is 0. The second-order valence-electron chi connectivity index (χ2n) is 3.70. The maximum absolute atomic E-state index is 11.0. The number of aromatic carboxylic acids is 2. The van der Waals surface area contributed by atoms with E-state index in [-0.39, 0.29) is 39.7 Å². The van der Waals surface area contributed by atoms with Crippen molar-refractivity contribution < 1.29 is 41.6 Å². The van der Waals surface area contributed by atoms with Crippen LogP contribution in [0.2, 0.25) is 0 Å². The first-order valence-electron chi connectivity index (χ1n) is 5.42. The van der Waals surface area contributed by atoms with Gasteiger partial charge in [-0.05, 0) is 24.3 Å². The number of benzene rings is 2. The van der Waals surface area contributed by atoms with Crippen LogP contribution in [0.15, 0.2) is 48.5 Å². The molecule has 0 amide bonds. The Balaban J connectivity index is 0.00000200. The van der Waals surface area contributed by atoms with Crippen molar-refractivity contribution in [3.8, 4) is 11.5 Å². The molecule has 0 atom stereocenters. The van der Waals surface area contributed by atoms with E-state index >= 15 is 0 Å². The predicted molar refractivity (Wildman–Crippen MR) is 66.9 cm³/mol. The van der Waals surface area contributed by atoms with E-state index in [9.17, 15) is 9.59 Å². The minimum absolute atomic E-state index is 0. The van der Waals surface area contributed by atoms with Gasteiger partial charge in [-0.25, -0.2) is 9.59 Å². The Morgan fingerprint density at radius 1 is 0.750 bits per heavy atom. The first-order chi connectivity index (χ1) is 9.09.